The molecule has 0 radical (unpaired) electrons. The summed E-state index contributed by atoms with van der Waals surface area (Å²) in [5.41, 5.74) is 1.48. The molecule has 0 amide bonds. The van der Waals surface area contributed by atoms with Crippen LogP contribution in [0.5, 0.6) is 11.5 Å². The molecule has 0 aliphatic rings. The standard InChI is InChI=1S/C30H20F8O2/c1-2-3-17-4-6-18(7-5-17)19-8-10-20(11-9-19)21-12-23(31)28(24(32)13-21)30(37,38)40-22-14-25(33)29(26(34)15-22)39-16-27(35)36/h4-16H,2-3H2,1H3. The van der Waals surface area contributed by atoms with Gasteiger partial charge in [0.05, 0.1) is 0 Å². The quantitative estimate of drug-likeness (QED) is 0.149. The Labute approximate surface area is 224 Å². The van der Waals surface area contributed by atoms with Gasteiger partial charge in [0.15, 0.2) is 23.6 Å². The predicted molar refractivity (Wildman–Crippen MR) is 133 cm³/mol. The van der Waals surface area contributed by atoms with Crippen molar-refractivity contribution in [2.75, 3.05) is 0 Å². The van der Waals surface area contributed by atoms with E-state index in [0.717, 1.165) is 24.0 Å². The molecule has 0 aliphatic heterocycles. The van der Waals surface area contributed by atoms with Crippen molar-refractivity contribution in [2.24, 2.45) is 0 Å². The zero-order valence-corrected chi connectivity index (χ0v) is 20.8. The summed E-state index contributed by atoms with van der Waals surface area (Å²) in [4.78, 5) is 0. The molecule has 208 valence electrons. The van der Waals surface area contributed by atoms with Gasteiger partial charge in [-0.2, -0.15) is 17.6 Å². The van der Waals surface area contributed by atoms with Crippen molar-refractivity contribution in [1.29, 1.82) is 0 Å². The second-order valence-corrected chi connectivity index (χ2v) is 8.70. The Bertz CT molecular complexity index is 1480. The number of hydrogen-bond acceptors (Lipinski definition) is 2. The molecule has 0 saturated carbocycles. The van der Waals surface area contributed by atoms with E-state index in [-0.39, 0.29) is 24.0 Å². The van der Waals surface area contributed by atoms with Crippen LogP contribution in [-0.2, 0) is 12.5 Å². The van der Waals surface area contributed by atoms with Gasteiger partial charge in [0.25, 0.3) is 0 Å². The van der Waals surface area contributed by atoms with Crippen molar-refractivity contribution in [3.8, 4) is 33.8 Å². The lowest BCUT2D eigenvalue weighted by molar-refractivity contribution is -0.189. The topological polar surface area (TPSA) is 18.5 Å². The van der Waals surface area contributed by atoms with Crippen molar-refractivity contribution in [2.45, 2.75) is 25.9 Å². The summed E-state index contributed by atoms with van der Waals surface area (Å²) >= 11 is 0. The van der Waals surface area contributed by atoms with Gasteiger partial charge < -0.3 is 9.47 Å². The SMILES string of the molecule is CCCc1ccc(-c2ccc(-c3cc(F)c(C(F)(F)Oc4cc(F)c(OC=C(F)F)c(F)c4)c(F)c3)cc2)cc1. The molecule has 4 rings (SSSR count). The van der Waals surface area contributed by atoms with E-state index in [1.54, 1.807) is 24.3 Å². The lowest BCUT2D eigenvalue weighted by Crippen LogP contribution is -2.25. The van der Waals surface area contributed by atoms with Gasteiger partial charge in [-0.3, -0.25) is 0 Å². The number of benzene rings is 4. The Morgan fingerprint density at radius 1 is 0.700 bits per heavy atom. The first-order valence-corrected chi connectivity index (χ1v) is 11.9. The number of rotatable bonds is 9. The third-order valence-corrected chi connectivity index (χ3v) is 5.86. The lowest BCUT2D eigenvalue weighted by atomic mass is 9.98. The molecular weight excluding hydrogens is 544 g/mol. The van der Waals surface area contributed by atoms with Crippen LogP contribution in [0, 0.1) is 23.3 Å². The molecule has 0 aliphatic carbocycles. The van der Waals surface area contributed by atoms with E-state index in [1.165, 1.54) is 5.56 Å². The van der Waals surface area contributed by atoms with E-state index >= 15 is 0 Å². The highest BCUT2D eigenvalue weighted by molar-refractivity contribution is 5.71. The van der Waals surface area contributed by atoms with Crippen LogP contribution in [0.25, 0.3) is 22.3 Å². The molecule has 0 heterocycles. The van der Waals surface area contributed by atoms with Gasteiger partial charge in [0.1, 0.15) is 22.9 Å². The number of hydrogen-bond donors (Lipinski definition) is 0. The van der Waals surface area contributed by atoms with Crippen molar-refractivity contribution < 1.29 is 44.6 Å². The summed E-state index contributed by atoms with van der Waals surface area (Å²) in [6.07, 6.45) is -5.41. The molecule has 4 aromatic carbocycles. The van der Waals surface area contributed by atoms with Gasteiger partial charge >= 0.3 is 12.2 Å². The smallest absolute Gasteiger partial charge is 0.432 e. The van der Waals surface area contributed by atoms with Gasteiger partial charge in [-0.25, -0.2) is 17.6 Å². The Kier molecular flexibility index (Phi) is 8.46. The molecule has 0 spiro atoms. The maximum absolute atomic E-state index is 14.8. The Morgan fingerprint density at radius 2 is 1.18 bits per heavy atom. The summed E-state index contributed by atoms with van der Waals surface area (Å²) in [6.45, 7) is 2.08. The monoisotopic (exact) mass is 564 g/mol. The number of ether oxygens (including phenoxy) is 2. The second-order valence-electron chi connectivity index (χ2n) is 8.70. The Balaban J connectivity index is 1.56. The third-order valence-electron chi connectivity index (χ3n) is 5.86. The summed E-state index contributed by atoms with van der Waals surface area (Å²) < 4.78 is 120. The van der Waals surface area contributed by atoms with Crippen LogP contribution < -0.4 is 9.47 Å². The van der Waals surface area contributed by atoms with Gasteiger partial charge in [-0.05, 0) is 46.4 Å². The van der Waals surface area contributed by atoms with E-state index in [0.29, 0.717) is 17.7 Å². The Morgan fingerprint density at radius 3 is 1.65 bits per heavy atom. The average Bonchev–Trinajstić information content (AvgIpc) is 2.88. The van der Waals surface area contributed by atoms with E-state index in [1.807, 2.05) is 24.3 Å². The van der Waals surface area contributed by atoms with Crippen LogP contribution in [0.2, 0.25) is 0 Å². The van der Waals surface area contributed by atoms with E-state index < -0.39 is 52.5 Å². The first-order chi connectivity index (χ1) is 19.0. The first kappa shape index (κ1) is 28.7. The lowest BCUT2D eigenvalue weighted by Gasteiger charge is -2.20. The molecule has 10 heteroatoms. The number of halogens is 8. The van der Waals surface area contributed by atoms with Crippen molar-refractivity contribution in [3.63, 3.8) is 0 Å². The van der Waals surface area contributed by atoms with Crippen LogP contribution in [0.3, 0.4) is 0 Å². The van der Waals surface area contributed by atoms with Gasteiger partial charge in [-0.1, -0.05) is 61.9 Å². The highest BCUT2D eigenvalue weighted by Crippen LogP contribution is 2.39. The minimum absolute atomic E-state index is 0.0360. The minimum Gasteiger partial charge on any atom is -0.453 e. The van der Waals surface area contributed by atoms with Crippen molar-refractivity contribution >= 4 is 0 Å². The maximum Gasteiger partial charge on any atom is 0.432 e. The molecule has 40 heavy (non-hydrogen) atoms. The summed E-state index contributed by atoms with van der Waals surface area (Å²) in [5.74, 6) is -9.15. The fourth-order valence-corrected chi connectivity index (χ4v) is 4.04. The average molecular weight is 564 g/mol. The van der Waals surface area contributed by atoms with Crippen molar-refractivity contribution in [1.82, 2.24) is 0 Å². The molecule has 0 unspecified atom stereocenters. The molecule has 0 fully saturated rings. The number of alkyl halides is 2. The van der Waals surface area contributed by atoms with Crippen LogP contribution in [0.1, 0.15) is 24.5 Å². The zero-order valence-electron chi connectivity index (χ0n) is 20.8. The predicted octanol–water partition coefficient (Wildman–Crippen LogP) is 9.77. The summed E-state index contributed by atoms with van der Waals surface area (Å²) in [7, 11) is 0. The fraction of sp³-hybridized carbons (Fsp3) is 0.133. The zero-order chi connectivity index (χ0) is 29.0. The van der Waals surface area contributed by atoms with Gasteiger partial charge in [0.2, 0.25) is 0 Å². The third kappa shape index (κ3) is 6.44. The van der Waals surface area contributed by atoms with Gasteiger partial charge in [0, 0.05) is 12.1 Å². The van der Waals surface area contributed by atoms with E-state index in [2.05, 4.69) is 16.4 Å². The van der Waals surface area contributed by atoms with Gasteiger partial charge in [-0.15, -0.1) is 0 Å². The van der Waals surface area contributed by atoms with Crippen LogP contribution in [0.4, 0.5) is 35.1 Å². The molecule has 0 N–H and O–H groups in total. The maximum atomic E-state index is 14.8. The van der Waals surface area contributed by atoms with Crippen LogP contribution in [0.15, 0.2) is 85.1 Å². The minimum atomic E-state index is -4.70. The molecule has 0 aromatic heterocycles. The number of aryl methyl sites for hydroxylation is 1. The molecular formula is C30H20F8O2. The normalized spacial score (nSPS) is 11.3. The second kappa shape index (κ2) is 11.8. The largest absolute Gasteiger partial charge is 0.453 e. The molecule has 2 nitrogen and oxygen atoms in total. The van der Waals surface area contributed by atoms with E-state index in [4.69, 9.17) is 0 Å². The molecule has 0 saturated heterocycles. The summed E-state index contributed by atoms with van der Waals surface area (Å²) in [6, 6.07) is 16.3. The molecule has 0 bridgehead atoms. The van der Waals surface area contributed by atoms with Crippen molar-refractivity contribution in [3.05, 3.63) is 120 Å². The first-order valence-electron chi connectivity index (χ1n) is 11.9. The highest BCUT2D eigenvalue weighted by atomic mass is 19.3. The Hall–Kier alpha value is -4.34. The molecule has 0 atom stereocenters. The molecule has 4 aromatic rings. The van der Waals surface area contributed by atoms with Crippen LogP contribution in [-0.4, -0.2) is 0 Å². The summed E-state index contributed by atoms with van der Waals surface area (Å²) in [5, 5.41) is 0. The van der Waals surface area contributed by atoms with E-state index in [9.17, 15) is 35.1 Å². The highest BCUT2D eigenvalue weighted by Gasteiger charge is 2.41. The fourth-order valence-electron chi connectivity index (χ4n) is 4.04. The van der Waals surface area contributed by atoms with Crippen LogP contribution >= 0.6 is 0 Å².